The first-order chi connectivity index (χ1) is 12.5. The highest BCUT2D eigenvalue weighted by Crippen LogP contribution is 2.24. The van der Waals surface area contributed by atoms with E-state index in [4.69, 9.17) is 4.74 Å². The molecule has 26 heavy (non-hydrogen) atoms. The third-order valence-corrected chi connectivity index (χ3v) is 4.38. The van der Waals surface area contributed by atoms with Crippen LogP contribution in [0.5, 0.6) is 5.75 Å². The van der Waals surface area contributed by atoms with Crippen molar-refractivity contribution in [3.8, 4) is 5.75 Å². The van der Waals surface area contributed by atoms with Gasteiger partial charge in [-0.1, -0.05) is 18.2 Å². The number of benzene rings is 2. The number of hydrogen-bond acceptors (Lipinski definition) is 3. The molecule has 0 bridgehead atoms. The Morgan fingerprint density at radius 2 is 1.96 bits per heavy atom. The van der Waals surface area contributed by atoms with Gasteiger partial charge in [-0.3, -0.25) is 9.59 Å². The molecule has 1 N–H and O–H groups in total. The summed E-state index contributed by atoms with van der Waals surface area (Å²) in [4.78, 5) is 25.8. The Bertz CT molecular complexity index is 792. The second-order valence-electron chi connectivity index (χ2n) is 6.41. The molecule has 2 aromatic rings. The van der Waals surface area contributed by atoms with Crippen molar-refractivity contribution in [3.05, 3.63) is 59.9 Å². The number of para-hydroxylation sites is 1. The van der Waals surface area contributed by atoms with Crippen molar-refractivity contribution in [2.75, 3.05) is 24.6 Å². The van der Waals surface area contributed by atoms with Crippen molar-refractivity contribution in [1.82, 2.24) is 5.32 Å². The molecule has 2 aromatic carbocycles. The molecule has 1 unspecified atom stereocenters. The van der Waals surface area contributed by atoms with Gasteiger partial charge in [-0.25, -0.2) is 4.39 Å². The summed E-state index contributed by atoms with van der Waals surface area (Å²) in [6.45, 7) is 2.76. The van der Waals surface area contributed by atoms with Gasteiger partial charge in [0.1, 0.15) is 11.6 Å². The molecule has 1 fully saturated rings. The summed E-state index contributed by atoms with van der Waals surface area (Å²) in [6.07, 6.45) is 0.357. The largest absolute Gasteiger partial charge is 0.484 e. The predicted octanol–water partition coefficient (Wildman–Crippen LogP) is 2.68. The molecule has 1 atom stereocenters. The third kappa shape index (κ3) is 4.39. The van der Waals surface area contributed by atoms with Crippen molar-refractivity contribution >= 4 is 17.5 Å². The van der Waals surface area contributed by atoms with Crippen LogP contribution >= 0.6 is 0 Å². The molecular formula is C20H21FN2O3. The number of halogens is 1. The van der Waals surface area contributed by atoms with Crippen LogP contribution in [0.2, 0.25) is 0 Å². The SMILES string of the molecule is Cc1ccccc1OCC(=O)NCC1CC(=O)N(c2ccc(F)cc2)C1. The number of amides is 2. The van der Waals surface area contributed by atoms with E-state index in [1.165, 1.54) is 12.1 Å². The maximum Gasteiger partial charge on any atom is 0.257 e. The van der Waals surface area contributed by atoms with Gasteiger partial charge in [-0.05, 0) is 42.8 Å². The second-order valence-corrected chi connectivity index (χ2v) is 6.41. The van der Waals surface area contributed by atoms with Crippen LogP contribution in [0.1, 0.15) is 12.0 Å². The lowest BCUT2D eigenvalue weighted by Gasteiger charge is -2.17. The van der Waals surface area contributed by atoms with Crippen molar-refractivity contribution in [2.45, 2.75) is 13.3 Å². The number of nitrogens with zero attached hydrogens (tertiary/aromatic N) is 1. The zero-order chi connectivity index (χ0) is 18.5. The highest BCUT2D eigenvalue weighted by Gasteiger charge is 2.30. The maximum absolute atomic E-state index is 13.0. The lowest BCUT2D eigenvalue weighted by atomic mass is 10.1. The molecule has 1 aliphatic rings. The lowest BCUT2D eigenvalue weighted by Crippen LogP contribution is -2.34. The van der Waals surface area contributed by atoms with E-state index in [2.05, 4.69) is 5.32 Å². The van der Waals surface area contributed by atoms with Gasteiger partial charge in [0.25, 0.3) is 5.91 Å². The summed E-state index contributed by atoms with van der Waals surface area (Å²) < 4.78 is 18.5. The molecule has 0 spiro atoms. The molecule has 0 aromatic heterocycles. The summed E-state index contributed by atoms with van der Waals surface area (Å²) in [7, 11) is 0. The van der Waals surface area contributed by atoms with Gasteiger partial charge in [0, 0.05) is 31.1 Å². The van der Waals surface area contributed by atoms with Crippen molar-refractivity contribution in [1.29, 1.82) is 0 Å². The van der Waals surface area contributed by atoms with E-state index in [1.54, 1.807) is 17.0 Å². The van der Waals surface area contributed by atoms with Crippen LogP contribution < -0.4 is 15.0 Å². The molecule has 0 aliphatic carbocycles. The molecule has 1 heterocycles. The molecule has 1 saturated heterocycles. The summed E-state index contributed by atoms with van der Waals surface area (Å²) in [5.74, 6) is 0.127. The Morgan fingerprint density at radius 3 is 2.69 bits per heavy atom. The van der Waals surface area contributed by atoms with Gasteiger partial charge in [-0.15, -0.1) is 0 Å². The third-order valence-electron chi connectivity index (χ3n) is 4.38. The second kappa shape index (κ2) is 7.99. The predicted molar refractivity (Wildman–Crippen MR) is 96.5 cm³/mol. The van der Waals surface area contributed by atoms with Crippen molar-refractivity contribution in [2.24, 2.45) is 5.92 Å². The first-order valence-electron chi connectivity index (χ1n) is 8.54. The summed E-state index contributed by atoms with van der Waals surface area (Å²) in [5, 5.41) is 2.81. The molecule has 136 valence electrons. The molecule has 3 rings (SSSR count). The number of nitrogens with one attached hydrogen (secondary N) is 1. The fourth-order valence-electron chi connectivity index (χ4n) is 2.96. The van der Waals surface area contributed by atoms with Crippen molar-refractivity contribution < 1.29 is 18.7 Å². The van der Waals surface area contributed by atoms with E-state index in [0.29, 0.717) is 30.9 Å². The Kier molecular flexibility index (Phi) is 5.51. The van der Waals surface area contributed by atoms with E-state index < -0.39 is 0 Å². The van der Waals surface area contributed by atoms with Crippen LogP contribution in [0.3, 0.4) is 0 Å². The monoisotopic (exact) mass is 356 g/mol. The normalized spacial score (nSPS) is 16.6. The van der Waals surface area contributed by atoms with Gasteiger partial charge in [0.2, 0.25) is 5.91 Å². The van der Waals surface area contributed by atoms with Crippen molar-refractivity contribution in [3.63, 3.8) is 0 Å². The topological polar surface area (TPSA) is 58.6 Å². The van der Waals surface area contributed by atoms with E-state index in [1.807, 2.05) is 31.2 Å². The maximum atomic E-state index is 13.0. The van der Waals surface area contributed by atoms with Crippen LogP contribution in [0.4, 0.5) is 10.1 Å². The van der Waals surface area contributed by atoms with Crippen LogP contribution in [0, 0.1) is 18.7 Å². The zero-order valence-electron chi connectivity index (χ0n) is 14.6. The summed E-state index contributed by atoms with van der Waals surface area (Å²) in [6, 6.07) is 13.3. The minimum absolute atomic E-state index is 0.0213. The first kappa shape index (κ1) is 17.9. The van der Waals surface area contributed by atoms with Gasteiger partial charge in [0.15, 0.2) is 6.61 Å². The van der Waals surface area contributed by atoms with Gasteiger partial charge < -0.3 is 15.0 Å². The quantitative estimate of drug-likeness (QED) is 0.866. The Balaban J connectivity index is 1.46. The molecule has 6 heteroatoms. The highest BCUT2D eigenvalue weighted by molar-refractivity contribution is 5.95. The van der Waals surface area contributed by atoms with Crippen LogP contribution in [-0.4, -0.2) is 31.5 Å². The van der Waals surface area contributed by atoms with Gasteiger partial charge in [-0.2, -0.15) is 0 Å². The van der Waals surface area contributed by atoms with Gasteiger partial charge >= 0.3 is 0 Å². The van der Waals surface area contributed by atoms with Crippen LogP contribution in [0.15, 0.2) is 48.5 Å². The fraction of sp³-hybridized carbons (Fsp3) is 0.300. The number of rotatable bonds is 6. The lowest BCUT2D eigenvalue weighted by molar-refractivity contribution is -0.123. The number of carbonyl (C=O) groups is 2. The number of hydrogen-bond donors (Lipinski definition) is 1. The smallest absolute Gasteiger partial charge is 0.257 e. The number of carbonyl (C=O) groups excluding carboxylic acids is 2. The highest BCUT2D eigenvalue weighted by atomic mass is 19.1. The molecule has 0 radical (unpaired) electrons. The summed E-state index contributed by atoms with van der Waals surface area (Å²) >= 11 is 0. The minimum Gasteiger partial charge on any atom is -0.484 e. The Hall–Kier alpha value is -2.89. The fourth-order valence-corrected chi connectivity index (χ4v) is 2.96. The van der Waals surface area contributed by atoms with Gasteiger partial charge in [0.05, 0.1) is 0 Å². The number of aryl methyl sites for hydroxylation is 1. The standard InChI is InChI=1S/C20H21FN2O3/c1-14-4-2-3-5-18(14)26-13-19(24)22-11-15-10-20(25)23(12-15)17-8-6-16(21)7-9-17/h2-9,15H,10-13H2,1H3,(H,22,24). The zero-order valence-corrected chi connectivity index (χ0v) is 14.6. The first-order valence-corrected chi connectivity index (χ1v) is 8.54. The number of anilines is 1. The molecular weight excluding hydrogens is 335 g/mol. The van der Waals surface area contributed by atoms with Crippen LogP contribution in [-0.2, 0) is 9.59 Å². The van der Waals surface area contributed by atoms with E-state index in [-0.39, 0.29) is 30.2 Å². The van der Waals surface area contributed by atoms with Crippen LogP contribution in [0.25, 0.3) is 0 Å². The molecule has 2 amide bonds. The number of ether oxygens (including phenoxy) is 1. The van der Waals surface area contributed by atoms with E-state index in [9.17, 15) is 14.0 Å². The summed E-state index contributed by atoms with van der Waals surface area (Å²) in [5.41, 5.74) is 1.64. The Morgan fingerprint density at radius 1 is 1.23 bits per heavy atom. The molecule has 5 nitrogen and oxygen atoms in total. The average Bonchev–Trinajstić information content (AvgIpc) is 3.01. The van der Waals surface area contributed by atoms with E-state index >= 15 is 0 Å². The Labute approximate surface area is 151 Å². The average molecular weight is 356 g/mol. The molecule has 0 saturated carbocycles. The van der Waals surface area contributed by atoms with E-state index in [0.717, 1.165) is 5.56 Å². The minimum atomic E-state index is -0.335. The molecule has 1 aliphatic heterocycles.